The van der Waals surface area contributed by atoms with Crippen LogP contribution in [0.5, 0.6) is 5.75 Å². The highest BCUT2D eigenvalue weighted by molar-refractivity contribution is 5.98. The number of furan rings is 1. The average Bonchev–Trinajstić information content (AvgIpc) is 2.96. The molecule has 0 saturated heterocycles. The third kappa shape index (κ3) is 2.77. The maximum atomic E-state index is 12.6. The van der Waals surface area contributed by atoms with Gasteiger partial charge >= 0.3 is 0 Å². The van der Waals surface area contributed by atoms with E-state index in [1.54, 1.807) is 35.4 Å². The van der Waals surface area contributed by atoms with Gasteiger partial charge in [-0.2, -0.15) is 0 Å². The van der Waals surface area contributed by atoms with Crippen LogP contribution in [0.3, 0.4) is 0 Å². The quantitative estimate of drug-likeness (QED) is 0.851. The minimum absolute atomic E-state index is 0.131. The van der Waals surface area contributed by atoms with Gasteiger partial charge in [0.15, 0.2) is 5.75 Å². The first kappa shape index (κ1) is 14.0. The van der Waals surface area contributed by atoms with Gasteiger partial charge in [0.2, 0.25) is 0 Å². The maximum Gasteiger partial charge on any atom is 0.258 e. The highest BCUT2D eigenvalue weighted by Gasteiger charge is 2.20. The fourth-order valence-electron chi connectivity index (χ4n) is 2.04. The summed E-state index contributed by atoms with van der Waals surface area (Å²) in [4.78, 5) is 14.3. The van der Waals surface area contributed by atoms with Crippen molar-refractivity contribution < 1.29 is 13.9 Å². The molecule has 0 bridgehead atoms. The van der Waals surface area contributed by atoms with E-state index in [1.165, 1.54) is 7.11 Å². The fraction of sp³-hybridized carbons (Fsp3) is 0.267. The molecule has 0 atom stereocenters. The first-order valence-corrected chi connectivity index (χ1v) is 6.41. The summed E-state index contributed by atoms with van der Waals surface area (Å²) in [6, 6.07) is 8.80. The predicted molar refractivity (Wildman–Crippen MR) is 76.5 cm³/mol. The van der Waals surface area contributed by atoms with Gasteiger partial charge in [0.05, 0.1) is 31.2 Å². The maximum absolute atomic E-state index is 12.6. The van der Waals surface area contributed by atoms with Crippen molar-refractivity contribution in [1.82, 2.24) is 4.90 Å². The standard InChI is InChI=1S/C15H18N2O3/c1-3-17(10-11-6-5-9-20-11)15(18)12-7-4-8-13(16)14(12)19-2/h4-9H,3,10,16H2,1-2H3. The van der Waals surface area contributed by atoms with Crippen molar-refractivity contribution in [3.05, 3.63) is 47.9 Å². The van der Waals surface area contributed by atoms with Gasteiger partial charge in [-0.3, -0.25) is 4.79 Å². The summed E-state index contributed by atoms with van der Waals surface area (Å²) >= 11 is 0. The molecule has 0 aliphatic carbocycles. The number of hydrogen-bond acceptors (Lipinski definition) is 4. The van der Waals surface area contributed by atoms with E-state index in [9.17, 15) is 4.79 Å². The van der Waals surface area contributed by atoms with E-state index in [0.29, 0.717) is 30.1 Å². The number of carbonyl (C=O) groups excluding carboxylic acids is 1. The molecule has 0 spiro atoms. The van der Waals surface area contributed by atoms with Crippen LogP contribution in [0.2, 0.25) is 0 Å². The van der Waals surface area contributed by atoms with E-state index >= 15 is 0 Å². The zero-order valence-electron chi connectivity index (χ0n) is 11.6. The van der Waals surface area contributed by atoms with E-state index in [4.69, 9.17) is 14.9 Å². The van der Waals surface area contributed by atoms with Crippen molar-refractivity contribution >= 4 is 11.6 Å². The van der Waals surface area contributed by atoms with Crippen LogP contribution in [-0.4, -0.2) is 24.5 Å². The molecule has 0 fully saturated rings. The second-order valence-electron chi connectivity index (χ2n) is 4.33. The fourth-order valence-corrected chi connectivity index (χ4v) is 2.04. The predicted octanol–water partition coefficient (Wildman–Crippen LogP) is 2.53. The van der Waals surface area contributed by atoms with Crippen molar-refractivity contribution in [2.24, 2.45) is 0 Å². The Kier molecular flexibility index (Phi) is 4.30. The summed E-state index contributed by atoms with van der Waals surface area (Å²) < 4.78 is 10.5. The Labute approximate surface area is 117 Å². The molecule has 2 aromatic rings. The molecule has 0 saturated carbocycles. The molecule has 106 valence electrons. The van der Waals surface area contributed by atoms with E-state index in [1.807, 2.05) is 13.0 Å². The van der Waals surface area contributed by atoms with Crippen LogP contribution in [-0.2, 0) is 6.54 Å². The van der Waals surface area contributed by atoms with Crippen molar-refractivity contribution in [1.29, 1.82) is 0 Å². The van der Waals surface area contributed by atoms with Crippen molar-refractivity contribution in [3.63, 3.8) is 0 Å². The number of methoxy groups -OCH3 is 1. The van der Waals surface area contributed by atoms with Crippen LogP contribution in [0.25, 0.3) is 0 Å². The first-order valence-electron chi connectivity index (χ1n) is 6.41. The number of para-hydroxylation sites is 1. The molecule has 5 heteroatoms. The molecule has 0 aliphatic rings. The number of carbonyl (C=O) groups is 1. The largest absolute Gasteiger partial charge is 0.494 e. The summed E-state index contributed by atoms with van der Waals surface area (Å²) in [6.07, 6.45) is 1.59. The zero-order valence-corrected chi connectivity index (χ0v) is 11.6. The summed E-state index contributed by atoms with van der Waals surface area (Å²) in [5, 5.41) is 0. The van der Waals surface area contributed by atoms with Gasteiger partial charge in [0.25, 0.3) is 5.91 Å². The van der Waals surface area contributed by atoms with Gasteiger partial charge < -0.3 is 19.8 Å². The molecule has 1 aromatic carbocycles. The van der Waals surface area contributed by atoms with Gasteiger partial charge in [-0.05, 0) is 31.2 Å². The lowest BCUT2D eigenvalue weighted by Crippen LogP contribution is -2.30. The molecule has 1 heterocycles. The van der Waals surface area contributed by atoms with Gasteiger partial charge in [-0.1, -0.05) is 6.07 Å². The lowest BCUT2D eigenvalue weighted by atomic mass is 10.1. The van der Waals surface area contributed by atoms with Gasteiger partial charge in [-0.15, -0.1) is 0 Å². The Bertz CT molecular complexity index is 579. The molecule has 20 heavy (non-hydrogen) atoms. The monoisotopic (exact) mass is 274 g/mol. The van der Waals surface area contributed by atoms with Crippen molar-refractivity contribution in [2.45, 2.75) is 13.5 Å². The number of nitrogens with zero attached hydrogens (tertiary/aromatic N) is 1. The summed E-state index contributed by atoms with van der Waals surface area (Å²) in [5.41, 5.74) is 6.74. The van der Waals surface area contributed by atoms with Crippen LogP contribution in [0.15, 0.2) is 41.0 Å². The third-order valence-electron chi connectivity index (χ3n) is 3.08. The Morgan fingerprint density at radius 1 is 1.35 bits per heavy atom. The number of hydrogen-bond donors (Lipinski definition) is 1. The third-order valence-corrected chi connectivity index (χ3v) is 3.08. The molecule has 2 N–H and O–H groups in total. The normalized spacial score (nSPS) is 10.3. The van der Waals surface area contributed by atoms with E-state index < -0.39 is 0 Å². The number of nitrogen functional groups attached to an aromatic ring is 1. The van der Waals surface area contributed by atoms with E-state index in [0.717, 1.165) is 5.76 Å². The second-order valence-corrected chi connectivity index (χ2v) is 4.33. The summed E-state index contributed by atoms with van der Waals surface area (Å²) in [7, 11) is 1.51. The van der Waals surface area contributed by atoms with Crippen molar-refractivity contribution in [2.75, 3.05) is 19.4 Å². The molecule has 1 aromatic heterocycles. The minimum atomic E-state index is -0.131. The number of benzene rings is 1. The highest BCUT2D eigenvalue weighted by Crippen LogP contribution is 2.27. The number of nitrogens with two attached hydrogens (primary N) is 1. The van der Waals surface area contributed by atoms with Crippen LogP contribution in [0, 0.1) is 0 Å². The molecule has 0 radical (unpaired) electrons. The van der Waals surface area contributed by atoms with Crippen LogP contribution in [0.1, 0.15) is 23.0 Å². The topological polar surface area (TPSA) is 68.7 Å². The van der Waals surface area contributed by atoms with Gasteiger partial charge in [-0.25, -0.2) is 0 Å². The zero-order chi connectivity index (χ0) is 14.5. The molecular weight excluding hydrogens is 256 g/mol. The number of anilines is 1. The molecule has 0 unspecified atom stereocenters. The van der Waals surface area contributed by atoms with Crippen LogP contribution >= 0.6 is 0 Å². The molecule has 1 amide bonds. The Balaban J connectivity index is 2.27. The SMILES string of the molecule is CCN(Cc1ccco1)C(=O)c1cccc(N)c1OC. The molecule has 5 nitrogen and oxygen atoms in total. The highest BCUT2D eigenvalue weighted by atomic mass is 16.5. The minimum Gasteiger partial charge on any atom is -0.494 e. The van der Waals surface area contributed by atoms with E-state index in [-0.39, 0.29) is 5.91 Å². The number of rotatable bonds is 5. The molecule has 0 aliphatic heterocycles. The van der Waals surface area contributed by atoms with E-state index in [2.05, 4.69) is 0 Å². The van der Waals surface area contributed by atoms with Gasteiger partial charge in [0, 0.05) is 6.54 Å². The number of amides is 1. The smallest absolute Gasteiger partial charge is 0.258 e. The van der Waals surface area contributed by atoms with Crippen LogP contribution < -0.4 is 10.5 Å². The Morgan fingerprint density at radius 3 is 2.75 bits per heavy atom. The van der Waals surface area contributed by atoms with Crippen LogP contribution in [0.4, 0.5) is 5.69 Å². The van der Waals surface area contributed by atoms with Gasteiger partial charge in [0.1, 0.15) is 5.76 Å². The molecule has 2 rings (SSSR count). The molecular formula is C15H18N2O3. The second kappa shape index (κ2) is 6.14. The first-order chi connectivity index (χ1) is 9.67. The summed E-state index contributed by atoms with van der Waals surface area (Å²) in [5.74, 6) is 1.02. The summed E-state index contributed by atoms with van der Waals surface area (Å²) in [6.45, 7) is 2.90. The van der Waals surface area contributed by atoms with Crippen molar-refractivity contribution in [3.8, 4) is 5.75 Å². The lowest BCUT2D eigenvalue weighted by Gasteiger charge is -2.21. The Hall–Kier alpha value is -2.43. The lowest BCUT2D eigenvalue weighted by molar-refractivity contribution is 0.0738. The number of ether oxygens (including phenoxy) is 1. The Morgan fingerprint density at radius 2 is 2.15 bits per heavy atom. The average molecular weight is 274 g/mol.